The molecule has 0 saturated carbocycles. The predicted molar refractivity (Wildman–Crippen MR) is 108 cm³/mol. The number of halogens is 1. The number of anilines is 1. The normalized spacial score (nSPS) is 12.0. The number of benzene rings is 2. The second kappa shape index (κ2) is 8.84. The molecule has 9 nitrogen and oxygen atoms in total. The van der Waals surface area contributed by atoms with Gasteiger partial charge < -0.3 is 4.42 Å². The summed E-state index contributed by atoms with van der Waals surface area (Å²) in [7, 11) is -4.00. The number of nitro groups is 1. The van der Waals surface area contributed by atoms with Crippen LogP contribution in [0.1, 0.15) is 18.2 Å². The van der Waals surface area contributed by atoms with E-state index in [1.807, 2.05) is 0 Å². The Morgan fingerprint density at radius 3 is 2.57 bits per heavy atom. The van der Waals surface area contributed by atoms with Crippen molar-refractivity contribution in [3.8, 4) is 0 Å². The van der Waals surface area contributed by atoms with Crippen LogP contribution in [0, 0.1) is 15.9 Å². The van der Waals surface area contributed by atoms with E-state index in [1.165, 1.54) is 42.7 Å². The number of nitrogens with one attached hydrogen (secondary N) is 2. The van der Waals surface area contributed by atoms with E-state index in [0.29, 0.717) is 17.0 Å². The summed E-state index contributed by atoms with van der Waals surface area (Å²) in [6, 6.07) is 12.2. The number of hydrazone groups is 1. The van der Waals surface area contributed by atoms with Gasteiger partial charge in [0.2, 0.25) is 10.0 Å². The van der Waals surface area contributed by atoms with Gasteiger partial charge in [0.1, 0.15) is 17.3 Å². The second-order valence-corrected chi connectivity index (χ2v) is 7.92. The van der Waals surface area contributed by atoms with Gasteiger partial charge >= 0.3 is 0 Å². The van der Waals surface area contributed by atoms with Crippen molar-refractivity contribution >= 4 is 27.1 Å². The summed E-state index contributed by atoms with van der Waals surface area (Å²) in [5, 5.41) is 15.5. The molecule has 0 fully saturated rings. The Morgan fingerprint density at radius 1 is 1.20 bits per heavy atom. The van der Waals surface area contributed by atoms with Gasteiger partial charge in [-0.2, -0.15) is 5.10 Å². The Morgan fingerprint density at radius 2 is 1.93 bits per heavy atom. The molecule has 3 rings (SSSR count). The van der Waals surface area contributed by atoms with Gasteiger partial charge in [0.05, 0.1) is 28.3 Å². The summed E-state index contributed by atoms with van der Waals surface area (Å²) >= 11 is 0. The highest BCUT2D eigenvalue weighted by Gasteiger charge is 2.21. The smallest absolute Gasteiger partial charge is 0.295 e. The van der Waals surface area contributed by atoms with Crippen molar-refractivity contribution in [3.05, 3.63) is 88.1 Å². The van der Waals surface area contributed by atoms with E-state index in [1.54, 1.807) is 19.1 Å². The zero-order chi connectivity index (χ0) is 21.7. The molecule has 0 aliphatic heterocycles. The van der Waals surface area contributed by atoms with E-state index >= 15 is 0 Å². The molecule has 0 spiro atoms. The average Bonchev–Trinajstić information content (AvgIpc) is 3.24. The van der Waals surface area contributed by atoms with Crippen LogP contribution in [-0.4, -0.2) is 19.1 Å². The lowest BCUT2D eigenvalue weighted by atomic mass is 10.1. The lowest BCUT2D eigenvalue weighted by Gasteiger charge is -2.08. The standard InChI is InChI=1S/C19H17FN4O5S/c1-13(14-4-6-15(20)7-5-14)22-23-18-9-8-17(11-19(18)24(25)26)30(27,28)21-12-16-3-2-10-29-16/h2-11,21,23H,12H2,1H3/b22-13+. The molecule has 30 heavy (non-hydrogen) atoms. The minimum absolute atomic E-state index is 0.00597. The largest absolute Gasteiger partial charge is 0.468 e. The Bertz CT molecular complexity index is 1180. The Kier molecular flexibility index (Phi) is 6.23. The third-order valence-corrected chi connectivity index (χ3v) is 5.50. The third kappa shape index (κ3) is 5.07. The Hall–Kier alpha value is -3.57. The van der Waals surface area contributed by atoms with Crippen molar-refractivity contribution in [1.82, 2.24) is 4.72 Å². The molecule has 11 heteroatoms. The third-order valence-electron chi connectivity index (χ3n) is 4.10. The summed E-state index contributed by atoms with van der Waals surface area (Å²) in [5.41, 5.74) is 3.18. The number of furan rings is 1. The summed E-state index contributed by atoms with van der Waals surface area (Å²) in [6.45, 7) is 1.55. The first-order chi connectivity index (χ1) is 14.3. The average molecular weight is 432 g/mol. The van der Waals surface area contributed by atoms with Gasteiger partial charge in [-0.15, -0.1) is 0 Å². The molecule has 0 bridgehead atoms. The number of hydrogen-bond donors (Lipinski definition) is 2. The highest BCUT2D eigenvalue weighted by atomic mass is 32.2. The second-order valence-electron chi connectivity index (χ2n) is 6.16. The van der Waals surface area contributed by atoms with Gasteiger partial charge in [-0.25, -0.2) is 17.5 Å². The minimum atomic E-state index is -4.00. The molecule has 0 amide bonds. The topological polar surface area (TPSA) is 127 Å². The summed E-state index contributed by atoms with van der Waals surface area (Å²) in [4.78, 5) is 10.5. The van der Waals surface area contributed by atoms with Gasteiger partial charge in [0.15, 0.2) is 0 Å². The first-order valence-electron chi connectivity index (χ1n) is 8.63. The molecule has 156 valence electrons. The summed E-state index contributed by atoms with van der Waals surface area (Å²) < 4.78 is 45.3. The monoisotopic (exact) mass is 432 g/mol. The number of hydrogen-bond acceptors (Lipinski definition) is 7. The zero-order valence-electron chi connectivity index (χ0n) is 15.7. The van der Waals surface area contributed by atoms with Crippen LogP contribution in [-0.2, 0) is 16.6 Å². The first kappa shape index (κ1) is 21.1. The van der Waals surface area contributed by atoms with Crippen LogP contribution >= 0.6 is 0 Å². The molecular formula is C19H17FN4O5S. The Labute approximate surface area is 171 Å². The van der Waals surface area contributed by atoms with Crippen molar-refractivity contribution in [2.24, 2.45) is 5.10 Å². The highest BCUT2D eigenvalue weighted by Crippen LogP contribution is 2.28. The lowest BCUT2D eigenvalue weighted by molar-refractivity contribution is -0.384. The van der Waals surface area contributed by atoms with Crippen LogP contribution in [0.3, 0.4) is 0 Å². The van der Waals surface area contributed by atoms with Crippen LogP contribution in [0.2, 0.25) is 0 Å². The van der Waals surface area contributed by atoms with Crippen LogP contribution in [0.25, 0.3) is 0 Å². The first-order valence-corrected chi connectivity index (χ1v) is 10.1. The molecule has 2 aromatic carbocycles. The summed E-state index contributed by atoms with van der Waals surface area (Å²) in [6.07, 6.45) is 1.41. The van der Waals surface area contributed by atoms with E-state index in [2.05, 4.69) is 15.2 Å². The molecule has 3 aromatic rings. The fourth-order valence-corrected chi connectivity index (χ4v) is 3.50. The number of nitro benzene ring substituents is 1. The molecule has 2 N–H and O–H groups in total. The molecule has 0 atom stereocenters. The summed E-state index contributed by atoms with van der Waals surface area (Å²) in [5.74, 6) is 0.00423. The van der Waals surface area contributed by atoms with Gasteiger partial charge in [-0.3, -0.25) is 15.5 Å². The van der Waals surface area contributed by atoms with Crippen molar-refractivity contribution in [2.75, 3.05) is 5.43 Å². The van der Waals surface area contributed by atoms with Crippen LogP contribution in [0.15, 0.2) is 75.3 Å². The van der Waals surface area contributed by atoms with E-state index in [0.717, 1.165) is 6.07 Å². The minimum Gasteiger partial charge on any atom is -0.468 e. The van der Waals surface area contributed by atoms with Crippen molar-refractivity contribution < 1.29 is 22.1 Å². The molecule has 0 radical (unpaired) electrons. The van der Waals surface area contributed by atoms with E-state index in [9.17, 15) is 22.9 Å². The van der Waals surface area contributed by atoms with Gasteiger partial charge in [-0.05, 0) is 48.9 Å². The fraction of sp³-hybridized carbons (Fsp3) is 0.105. The number of rotatable bonds is 8. The SMILES string of the molecule is C/C(=N\Nc1ccc(S(=O)(=O)NCc2ccco2)cc1[N+](=O)[O-])c1ccc(F)cc1. The van der Waals surface area contributed by atoms with Crippen LogP contribution in [0.5, 0.6) is 0 Å². The lowest BCUT2D eigenvalue weighted by Crippen LogP contribution is -2.23. The van der Waals surface area contributed by atoms with Gasteiger partial charge in [-0.1, -0.05) is 12.1 Å². The number of sulfonamides is 1. The molecule has 0 saturated heterocycles. The van der Waals surface area contributed by atoms with Gasteiger partial charge in [0.25, 0.3) is 5.69 Å². The molecular weight excluding hydrogens is 415 g/mol. The van der Waals surface area contributed by atoms with E-state index in [4.69, 9.17) is 4.42 Å². The van der Waals surface area contributed by atoms with Gasteiger partial charge in [0, 0.05) is 6.07 Å². The predicted octanol–water partition coefficient (Wildman–Crippen LogP) is 3.64. The molecule has 1 aromatic heterocycles. The number of nitrogens with zero attached hydrogens (tertiary/aromatic N) is 2. The van der Waals surface area contributed by atoms with Crippen molar-refractivity contribution in [1.29, 1.82) is 0 Å². The maximum atomic E-state index is 13.0. The quantitative estimate of drug-likeness (QED) is 0.318. The molecule has 0 aliphatic rings. The van der Waals surface area contributed by atoms with E-state index < -0.39 is 26.5 Å². The highest BCUT2D eigenvalue weighted by molar-refractivity contribution is 7.89. The molecule has 0 aliphatic carbocycles. The van der Waals surface area contributed by atoms with Crippen molar-refractivity contribution in [3.63, 3.8) is 0 Å². The zero-order valence-corrected chi connectivity index (χ0v) is 16.5. The molecule has 0 unspecified atom stereocenters. The molecule has 1 heterocycles. The van der Waals surface area contributed by atoms with Crippen LogP contribution in [0.4, 0.5) is 15.8 Å². The van der Waals surface area contributed by atoms with Crippen LogP contribution < -0.4 is 10.1 Å². The Balaban J connectivity index is 1.81. The van der Waals surface area contributed by atoms with E-state index in [-0.39, 0.29) is 17.1 Å². The van der Waals surface area contributed by atoms with Crippen molar-refractivity contribution in [2.45, 2.75) is 18.4 Å². The maximum absolute atomic E-state index is 13.0. The maximum Gasteiger partial charge on any atom is 0.295 e. The fourth-order valence-electron chi connectivity index (χ4n) is 2.49.